The molecule has 1 atom stereocenters. The van der Waals surface area contributed by atoms with E-state index in [1.165, 1.54) is 0 Å². The highest BCUT2D eigenvalue weighted by molar-refractivity contribution is 5.96. The Balaban J connectivity index is 2.15. The third-order valence-electron chi connectivity index (χ3n) is 3.94. The number of rotatable bonds is 1. The molecule has 0 bridgehead atoms. The van der Waals surface area contributed by atoms with Gasteiger partial charge < -0.3 is 9.80 Å². The highest BCUT2D eigenvalue weighted by atomic mass is 16.2. The minimum Gasteiger partial charge on any atom is -0.337 e. The molecule has 0 radical (unpaired) electrons. The van der Waals surface area contributed by atoms with Gasteiger partial charge in [0.15, 0.2) is 0 Å². The number of carbonyl (C=O) groups is 2. The van der Waals surface area contributed by atoms with Crippen molar-refractivity contribution in [1.82, 2.24) is 9.80 Å². The van der Waals surface area contributed by atoms with E-state index >= 15 is 0 Å². The summed E-state index contributed by atoms with van der Waals surface area (Å²) in [6, 6.07) is 6.02. The second kappa shape index (κ2) is 5.65. The predicted molar refractivity (Wildman–Crippen MR) is 78.7 cm³/mol. The van der Waals surface area contributed by atoms with Crippen LogP contribution in [0.1, 0.15) is 35.3 Å². The molecule has 108 valence electrons. The van der Waals surface area contributed by atoms with Crippen LogP contribution in [0.25, 0.3) is 0 Å². The highest BCUT2D eigenvalue weighted by Gasteiger charge is 2.29. The molecule has 1 saturated heterocycles. The molecule has 0 aromatic heterocycles. The number of benzene rings is 1. The van der Waals surface area contributed by atoms with Crippen molar-refractivity contribution >= 4 is 11.8 Å². The summed E-state index contributed by atoms with van der Waals surface area (Å²) in [6.07, 6.45) is 0. The van der Waals surface area contributed by atoms with Crippen molar-refractivity contribution < 1.29 is 9.59 Å². The van der Waals surface area contributed by atoms with Crippen LogP contribution in [-0.2, 0) is 4.79 Å². The molecule has 4 nitrogen and oxygen atoms in total. The van der Waals surface area contributed by atoms with Gasteiger partial charge in [-0.3, -0.25) is 9.59 Å². The van der Waals surface area contributed by atoms with Gasteiger partial charge in [0.2, 0.25) is 5.91 Å². The van der Waals surface area contributed by atoms with E-state index in [4.69, 9.17) is 0 Å². The molecule has 4 heteroatoms. The topological polar surface area (TPSA) is 40.6 Å². The number of hydrogen-bond donors (Lipinski definition) is 0. The quantitative estimate of drug-likeness (QED) is 0.786. The zero-order valence-corrected chi connectivity index (χ0v) is 12.6. The summed E-state index contributed by atoms with van der Waals surface area (Å²) in [4.78, 5) is 27.8. The lowest BCUT2D eigenvalue weighted by Crippen LogP contribution is -2.55. The first-order chi connectivity index (χ1) is 9.40. The van der Waals surface area contributed by atoms with Gasteiger partial charge in [0.25, 0.3) is 5.91 Å². The molecule has 0 N–H and O–H groups in total. The van der Waals surface area contributed by atoms with Gasteiger partial charge >= 0.3 is 0 Å². The fourth-order valence-corrected chi connectivity index (χ4v) is 2.75. The van der Waals surface area contributed by atoms with Crippen molar-refractivity contribution in [2.45, 2.75) is 33.7 Å². The average Bonchev–Trinajstić information content (AvgIpc) is 2.40. The van der Waals surface area contributed by atoms with E-state index < -0.39 is 0 Å². The van der Waals surface area contributed by atoms with Gasteiger partial charge in [0.05, 0.1) is 0 Å². The Morgan fingerprint density at radius 2 is 1.90 bits per heavy atom. The Hall–Kier alpha value is -1.84. The molecule has 20 heavy (non-hydrogen) atoms. The Kier molecular flexibility index (Phi) is 4.12. The van der Waals surface area contributed by atoms with E-state index in [1.54, 1.807) is 6.92 Å². The van der Waals surface area contributed by atoms with Crippen molar-refractivity contribution in [3.63, 3.8) is 0 Å². The van der Waals surface area contributed by atoms with Crippen LogP contribution in [0.2, 0.25) is 0 Å². The molecule has 0 spiro atoms. The molecule has 0 aliphatic carbocycles. The van der Waals surface area contributed by atoms with Crippen molar-refractivity contribution in [1.29, 1.82) is 0 Å². The lowest BCUT2D eigenvalue weighted by Gasteiger charge is -2.39. The summed E-state index contributed by atoms with van der Waals surface area (Å²) < 4.78 is 0. The van der Waals surface area contributed by atoms with Gasteiger partial charge in [-0.25, -0.2) is 0 Å². The second-order valence-electron chi connectivity index (χ2n) is 5.63. The predicted octanol–water partition coefficient (Wildman–Crippen LogP) is 2.00. The Bertz CT molecular complexity index is 539. The molecule has 1 fully saturated rings. The van der Waals surface area contributed by atoms with Crippen LogP contribution in [0.3, 0.4) is 0 Å². The van der Waals surface area contributed by atoms with E-state index in [2.05, 4.69) is 0 Å². The molecule has 0 unspecified atom stereocenters. The zero-order chi connectivity index (χ0) is 14.9. The smallest absolute Gasteiger partial charge is 0.254 e. The van der Waals surface area contributed by atoms with Crippen LogP contribution in [0.15, 0.2) is 18.2 Å². The number of carbonyl (C=O) groups excluding carboxylic acids is 2. The van der Waals surface area contributed by atoms with E-state index in [9.17, 15) is 9.59 Å². The molecule has 1 aliphatic heterocycles. The fraction of sp³-hybridized carbons (Fsp3) is 0.500. The van der Waals surface area contributed by atoms with Crippen molar-refractivity contribution in [2.24, 2.45) is 0 Å². The van der Waals surface area contributed by atoms with Crippen LogP contribution in [0.4, 0.5) is 0 Å². The lowest BCUT2D eigenvalue weighted by molar-refractivity contribution is -0.132. The first-order valence-corrected chi connectivity index (χ1v) is 7.04. The summed E-state index contributed by atoms with van der Waals surface area (Å²) in [7, 11) is 0. The number of nitrogens with zero attached hydrogens (tertiary/aromatic N) is 2. The van der Waals surface area contributed by atoms with Crippen LogP contribution in [0.5, 0.6) is 0 Å². The van der Waals surface area contributed by atoms with E-state index in [1.807, 2.05) is 48.8 Å². The molecular formula is C16H22N2O2. The Morgan fingerprint density at radius 1 is 1.20 bits per heavy atom. The summed E-state index contributed by atoms with van der Waals surface area (Å²) in [6.45, 7) is 9.35. The first-order valence-electron chi connectivity index (χ1n) is 7.04. The standard InChI is InChI=1S/C16H22N2O2/c1-11-5-6-12(2)15(9-11)16(20)17-7-8-18(14(4)19)13(3)10-17/h5-6,9,13H,7-8,10H2,1-4H3/t13-/m0/s1. The fourth-order valence-electron chi connectivity index (χ4n) is 2.75. The maximum atomic E-state index is 12.6. The van der Waals surface area contributed by atoms with Crippen LogP contribution < -0.4 is 0 Å². The van der Waals surface area contributed by atoms with Crippen LogP contribution in [-0.4, -0.2) is 47.3 Å². The van der Waals surface area contributed by atoms with Gasteiger partial charge in [0, 0.05) is 38.2 Å². The van der Waals surface area contributed by atoms with Gasteiger partial charge in [-0.2, -0.15) is 0 Å². The largest absolute Gasteiger partial charge is 0.337 e. The third-order valence-corrected chi connectivity index (χ3v) is 3.94. The van der Waals surface area contributed by atoms with Gasteiger partial charge in [-0.1, -0.05) is 17.7 Å². The van der Waals surface area contributed by atoms with Crippen LogP contribution >= 0.6 is 0 Å². The van der Waals surface area contributed by atoms with Gasteiger partial charge in [-0.15, -0.1) is 0 Å². The SMILES string of the molecule is CC(=O)N1CCN(C(=O)c2cc(C)ccc2C)C[C@@H]1C. The number of piperazine rings is 1. The summed E-state index contributed by atoms with van der Waals surface area (Å²) in [5, 5.41) is 0. The number of hydrogen-bond acceptors (Lipinski definition) is 2. The number of aryl methyl sites for hydroxylation is 2. The van der Waals surface area contributed by atoms with Crippen molar-refractivity contribution in [2.75, 3.05) is 19.6 Å². The monoisotopic (exact) mass is 274 g/mol. The summed E-state index contributed by atoms with van der Waals surface area (Å²) in [5.41, 5.74) is 2.87. The molecule has 2 amide bonds. The zero-order valence-electron chi connectivity index (χ0n) is 12.6. The molecule has 0 saturated carbocycles. The Morgan fingerprint density at radius 3 is 2.50 bits per heavy atom. The van der Waals surface area contributed by atoms with E-state index in [0.29, 0.717) is 19.6 Å². The van der Waals surface area contributed by atoms with Gasteiger partial charge in [-0.05, 0) is 32.4 Å². The van der Waals surface area contributed by atoms with Crippen molar-refractivity contribution in [3.05, 3.63) is 34.9 Å². The van der Waals surface area contributed by atoms with Crippen LogP contribution in [0, 0.1) is 13.8 Å². The third kappa shape index (κ3) is 2.84. The molecule has 1 aromatic rings. The van der Waals surface area contributed by atoms with E-state index in [-0.39, 0.29) is 17.9 Å². The average molecular weight is 274 g/mol. The Labute approximate surface area is 120 Å². The maximum absolute atomic E-state index is 12.6. The molecule has 1 heterocycles. The van der Waals surface area contributed by atoms with Gasteiger partial charge in [0.1, 0.15) is 0 Å². The normalized spacial score (nSPS) is 19.1. The number of amides is 2. The highest BCUT2D eigenvalue weighted by Crippen LogP contribution is 2.17. The minimum absolute atomic E-state index is 0.0706. The van der Waals surface area contributed by atoms with Crippen molar-refractivity contribution in [3.8, 4) is 0 Å². The summed E-state index contributed by atoms with van der Waals surface area (Å²) in [5.74, 6) is 0.151. The maximum Gasteiger partial charge on any atom is 0.254 e. The summed E-state index contributed by atoms with van der Waals surface area (Å²) >= 11 is 0. The molecule has 2 rings (SSSR count). The minimum atomic E-state index is 0.0706. The molecule has 1 aliphatic rings. The molecule has 1 aromatic carbocycles. The first kappa shape index (κ1) is 14.6. The lowest BCUT2D eigenvalue weighted by atomic mass is 10.0. The second-order valence-corrected chi connectivity index (χ2v) is 5.63. The van der Waals surface area contributed by atoms with E-state index in [0.717, 1.165) is 16.7 Å². The molecular weight excluding hydrogens is 252 g/mol.